The number of rotatable bonds is 4. The Morgan fingerprint density at radius 3 is 2.03 bits per heavy atom. The van der Waals surface area contributed by atoms with Gasteiger partial charge >= 0.3 is 0 Å². The molecule has 1 heterocycles. The Labute approximate surface area is 187 Å². The van der Waals surface area contributed by atoms with Crippen LogP contribution < -0.4 is 4.90 Å². The number of anilines is 2. The number of amides is 1. The highest BCUT2D eigenvalue weighted by molar-refractivity contribution is 8.00. The summed E-state index contributed by atoms with van der Waals surface area (Å²) in [5.41, 5.74) is 5.44. The highest BCUT2D eigenvalue weighted by atomic mass is 32.2. The maximum atomic E-state index is 14.0. The molecule has 0 unspecified atom stereocenters. The molecule has 1 aliphatic rings. The van der Waals surface area contributed by atoms with E-state index in [9.17, 15) is 4.79 Å². The maximum absolute atomic E-state index is 14.0. The maximum Gasteiger partial charge on any atom is 0.246 e. The Bertz CT molecular complexity index is 1190. The van der Waals surface area contributed by atoms with Crippen LogP contribution in [-0.2, 0) is 4.79 Å². The summed E-state index contributed by atoms with van der Waals surface area (Å²) in [6, 6.07) is 37.1. The van der Waals surface area contributed by atoms with E-state index in [0.717, 1.165) is 16.3 Å². The normalized spacial score (nSPS) is 18.0. The molecule has 0 saturated carbocycles. The lowest BCUT2D eigenvalue weighted by Crippen LogP contribution is -2.43. The van der Waals surface area contributed by atoms with Crippen LogP contribution in [0.15, 0.2) is 114 Å². The highest BCUT2D eigenvalue weighted by Gasteiger charge is 2.42. The van der Waals surface area contributed by atoms with Crippen molar-refractivity contribution >= 4 is 29.0 Å². The van der Waals surface area contributed by atoms with E-state index in [1.165, 1.54) is 16.7 Å². The summed E-state index contributed by atoms with van der Waals surface area (Å²) in [6.07, 6.45) is 0. The Kier molecular flexibility index (Phi) is 5.35. The van der Waals surface area contributed by atoms with Gasteiger partial charge in [-0.25, -0.2) is 0 Å². The predicted octanol–water partition coefficient (Wildman–Crippen LogP) is 6.97. The molecule has 1 aliphatic heterocycles. The summed E-state index contributed by atoms with van der Waals surface area (Å²) in [4.78, 5) is 17.0. The lowest BCUT2D eigenvalue weighted by Gasteiger charge is -2.39. The second kappa shape index (κ2) is 8.44. The lowest BCUT2D eigenvalue weighted by atomic mass is 9.83. The number of benzene rings is 4. The quantitative estimate of drug-likeness (QED) is 0.355. The van der Waals surface area contributed by atoms with E-state index in [2.05, 4.69) is 73.7 Å². The second-order valence-electron chi connectivity index (χ2n) is 7.81. The Morgan fingerprint density at radius 2 is 1.32 bits per heavy atom. The fraction of sp³-hybridized carbons (Fsp3) is 0.107. The number of carbonyl (C=O) groups excluding carboxylic acids is 1. The highest BCUT2D eigenvalue weighted by Crippen LogP contribution is 2.48. The van der Waals surface area contributed by atoms with Crippen LogP contribution in [0, 0.1) is 6.92 Å². The number of hydrogen-bond donors (Lipinski definition) is 0. The summed E-state index contributed by atoms with van der Waals surface area (Å²) < 4.78 is 0. The fourth-order valence-corrected chi connectivity index (χ4v) is 5.48. The summed E-state index contributed by atoms with van der Waals surface area (Å²) in [7, 11) is 0. The molecule has 3 heteroatoms. The van der Waals surface area contributed by atoms with Gasteiger partial charge in [-0.2, -0.15) is 0 Å². The van der Waals surface area contributed by atoms with Crippen molar-refractivity contribution in [3.8, 4) is 0 Å². The van der Waals surface area contributed by atoms with Crippen LogP contribution in [0.5, 0.6) is 0 Å². The van der Waals surface area contributed by atoms with Gasteiger partial charge in [0.05, 0.1) is 5.69 Å². The molecule has 0 aliphatic carbocycles. The summed E-state index contributed by atoms with van der Waals surface area (Å²) in [5, 5.41) is -0.264. The minimum atomic E-state index is -0.264. The first-order valence-electron chi connectivity index (χ1n) is 10.5. The lowest BCUT2D eigenvalue weighted by molar-refractivity contribution is -0.117. The minimum absolute atomic E-state index is 0.0174. The first-order chi connectivity index (χ1) is 15.2. The molecule has 4 aromatic rings. The van der Waals surface area contributed by atoms with Gasteiger partial charge in [0.15, 0.2) is 0 Å². The molecule has 4 aromatic carbocycles. The van der Waals surface area contributed by atoms with Crippen molar-refractivity contribution in [3.05, 3.63) is 126 Å². The number of para-hydroxylation sites is 2. The van der Waals surface area contributed by atoms with E-state index < -0.39 is 0 Å². The van der Waals surface area contributed by atoms with Crippen LogP contribution in [-0.4, -0.2) is 11.2 Å². The molecule has 1 amide bonds. The molecular formula is C28H23NOS. The van der Waals surface area contributed by atoms with Crippen LogP contribution in [0.4, 0.5) is 11.4 Å². The van der Waals surface area contributed by atoms with Gasteiger partial charge in [-0.3, -0.25) is 9.69 Å². The standard InChI is InChI=1S/C28H23NOS/c1-20-16-18-23(19-17-20)31-27-26(21-10-4-2-5-11-21)24-14-8-9-15-25(24)29(28(27)30)22-12-6-3-7-13-22/h2-19,26-27H,1H3/t26-,27-/m0/s1. The monoisotopic (exact) mass is 421 g/mol. The van der Waals surface area contributed by atoms with E-state index in [-0.39, 0.29) is 17.1 Å². The largest absolute Gasteiger partial charge is 0.280 e. The SMILES string of the molecule is Cc1ccc(S[C@@H]2C(=O)N(c3ccccc3)c3ccccc3[C@@H]2c2ccccc2)cc1. The van der Waals surface area contributed by atoms with E-state index >= 15 is 0 Å². The Morgan fingerprint density at radius 1 is 0.710 bits per heavy atom. The topological polar surface area (TPSA) is 20.3 Å². The smallest absolute Gasteiger partial charge is 0.246 e. The molecule has 31 heavy (non-hydrogen) atoms. The van der Waals surface area contributed by atoms with Crippen LogP contribution in [0.3, 0.4) is 0 Å². The Balaban J connectivity index is 1.68. The molecule has 0 saturated heterocycles. The van der Waals surface area contributed by atoms with Gasteiger partial charge in [0, 0.05) is 16.5 Å². The predicted molar refractivity (Wildman–Crippen MR) is 129 cm³/mol. The fourth-order valence-electron chi connectivity index (χ4n) is 4.25. The van der Waals surface area contributed by atoms with Crippen LogP contribution in [0.25, 0.3) is 0 Å². The number of aryl methyl sites for hydroxylation is 1. The van der Waals surface area contributed by atoms with Crippen molar-refractivity contribution in [2.75, 3.05) is 4.90 Å². The average molecular weight is 422 g/mol. The Hall–Kier alpha value is -3.30. The summed E-state index contributed by atoms with van der Waals surface area (Å²) in [6.45, 7) is 2.08. The van der Waals surface area contributed by atoms with Gasteiger partial charge in [0.25, 0.3) is 0 Å². The van der Waals surface area contributed by atoms with E-state index in [4.69, 9.17) is 0 Å². The van der Waals surface area contributed by atoms with Crippen molar-refractivity contribution in [2.24, 2.45) is 0 Å². The third-order valence-electron chi connectivity index (χ3n) is 5.74. The zero-order valence-corrected chi connectivity index (χ0v) is 18.1. The van der Waals surface area contributed by atoms with Gasteiger partial charge in [-0.05, 0) is 48.4 Å². The number of thioether (sulfide) groups is 1. The van der Waals surface area contributed by atoms with Crippen molar-refractivity contribution in [1.29, 1.82) is 0 Å². The summed E-state index contributed by atoms with van der Waals surface area (Å²) in [5.74, 6) is 0.0977. The molecule has 5 rings (SSSR count). The van der Waals surface area contributed by atoms with E-state index in [1.807, 2.05) is 47.4 Å². The first-order valence-corrected chi connectivity index (χ1v) is 11.4. The average Bonchev–Trinajstić information content (AvgIpc) is 2.82. The van der Waals surface area contributed by atoms with Crippen LogP contribution in [0.2, 0.25) is 0 Å². The molecule has 2 atom stereocenters. The third-order valence-corrected chi connectivity index (χ3v) is 7.01. The summed E-state index contributed by atoms with van der Waals surface area (Å²) >= 11 is 1.66. The molecule has 0 fully saturated rings. The zero-order chi connectivity index (χ0) is 21.2. The van der Waals surface area contributed by atoms with Crippen LogP contribution in [0.1, 0.15) is 22.6 Å². The number of hydrogen-bond acceptors (Lipinski definition) is 2. The third kappa shape index (κ3) is 3.77. The molecule has 2 nitrogen and oxygen atoms in total. The first kappa shape index (κ1) is 19.7. The molecular weight excluding hydrogens is 398 g/mol. The second-order valence-corrected chi connectivity index (χ2v) is 9.02. The van der Waals surface area contributed by atoms with Crippen molar-refractivity contribution in [3.63, 3.8) is 0 Å². The van der Waals surface area contributed by atoms with Gasteiger partial charge in [0.2, 0.25) is 5.91 Å². The molecule has 152 valence electrons. The van der Waals surface area contributed by atoms with Crippen molar-refractivity contribution < 1.29 is 4.79 Å². The minimum Gasteiger partial charge on any atom is -0.280 e. The molecule has 0 radical (unpaired) electrons. The van der Waals surface area contributed by atoms with Crippen LogP contribution >= 0.6 is 11.8 Å². The number of nitrogens with zero attached hydrogens (tertiary/aromatic N) is 1. The van der Waals surface area contributed by atoms with Gasteiger partial charge in [-0.15, -0.1) is 11.8 Å². The molecule has 0 spiro atoms. The van der Waals surface area contributed by atoms with Gasteiger partial charge in [-0.1, -0.05) is 84.4 Å². The number of fused-ring (bicyclic) bond motifs is 1. The van der Waals surface area contributed by atoms with E-state index in [1.54, 1.807) is 11.8 Å². The molecule has 0 aromatic heterocycles. The zero-order valence-electron chi connectivity index (χ0n) is 17.3. The molecule has 0 N–H and O–H groups in total. The van der Waals surface area contributed by atoms with E-state index in [0.29, 0.717) is 0 Å². The van der Waals surface area contributed by atoms with Gasteiger partial charge in [0.1, 0.15) is 5.25 Å². The van der Waals surface area contributed by atoms with Gasteiger partial charge < -0.3 is 0 Å². The van der Waals surface area contributed by atoms with Crippen molar-refractivity contribution in [1.82, 2.24) is 0 Å². The number of carbonyl (C=O) groups is 1. The molecule has 0 bridgehead atoms. The van der Waals surface area contributed by atoms with Crippen molar-refractivity contribution in [2.45, 2.75) is 23.0 Å².